The molecule has 0 aliphatic carbocycles. The first-order valence-corrected chi connectivity index (χ1v) is 4.57. The molecule has 0 spiro atoms. The normalized spacial score (nSPS) is 9.86. The van der Waals surface area contributed by atoms with E-state index < -0.39 is 0 Å². The van der Waals surface area contributed by atoms with E-state index in [1.807, 2.05) is 0 Å². The summed E-state index contributed by atoms with van der Waals surface area (Å²) in [5.74, 6) is 1.04. The van der Waals surface area contributed by atoms with Crippen LogP contribution in [0.5, 0.6) is 11.8 Å². The topological polar surface area (TPSA) is 70.3 Å². The Kier molecular flexibility index (Phi) is 3.97. The van der Waals surface area contributed by atoms with Crippen molar-refractivity contribution in [1.82, 2.24) is 9.97 Å². The second-order valence-electron chi connectivity index (χ2n) is 2.81. The predicted octanol–water partition coefficient (Wildman–Crippen LogP) is 1.25. The fourth-order valence-electron chi connectivity index (χ4n) is 0.921. The third-order valence-electron chi connectivity index (χ3n) is 1.65. The van der Waals surface area contributed by atoms with Crippen molar-refractivity contribution < 1.29 is 9.47 Å². The van der Waals surface area contributed by atoms with E-state index in [1.54, 1.807) is 6.07 Å². The Hall–Kier alpha value is -1.52. The van der Waals surface area contributed by atoms with Crippen LogP contribution in [0, 0.1) is 0 Å². The molecule has 1 aromatic heterocycles. The Labute approximate surface area is 83.3 Å². The van der Waals surface area contributed by atoms with E-state index in [0.29, 0.717) is 18.4 Å². The lowest BCUT2D eigenvalue weighted by Gasteiger charge is -2.06. The highest BCUT2D eigenvalue weighted by molar-refractivity contribution is 5.29. The van der Waals surface area contributed by atoms with Gasteiger partial charge in [-0.25, -0.2) is 0 Å². The van der Waals surface area contributed by atoms with Gasteiger partial charge in [-0.2, -0.15) is 9.97 Å². The molecule has 0 saturated carbocycles. The van der Waals surface area contributed by atoms with E-state index in [9.17, 15) is 0 Å². The number of ether oxygens (including phenoxy) is 2. The van der Waals surface area contributed by atoms with Gasteiger partial charge in [0.15, 0.2) is 0 Å². The summed E-state index contributed by atoms with van der Waals surface area (Å²) >= 11 is 0. The zero-order chi connectivity index (χ0) is 10.4. The summed E-state index contributed by atoms with van der Waals surface area (Å²) in [5, 5.41) is 0. The summed E-state index contributed by atoms with van der Waals surface area (Å²) in [6.45, 7) is 2.73. The van der Waals surface area contributed by atoms with E-state index in [1.165, 1.54) is 7.11 Å². The number of methoxy groups -OCH3 is 1. The van der Waals surface area contributed by atoms with Gasteiger partial charge in [0.25, 0.3) is 0 Å². The predicted molar refractivity (Wildman–Crippen MR) is 53.4 cm³/mol. The molecular formula is C9H15N3O2. The van der Waals surface area contributed by atoms with Crippen LogP contribution in [0.25, 0.3) is 0 Å². The van der Waals surface area contributed by atoms with Crippen molar-refractivity contribution in [3.63, 3.8) is 0 Å². The smallest absolute Gasteiger partial charge is 0.226 e. The molecule has 14 heavy (non-hydrogen) atoms. The van der Waals surface area contributed by atoms with Gasteiger partial charge in [0.05, 0.1) is 19.8 Å². The van der Waals surface area contributed by atoms with Gasteiger partial charge in [-0.15, -0.1) is 0 Å². The molecule has 0 bridgehead atoms. The molecule has 1 rings (SSSR count). The summed E-state index contributed by atoms with van der Waals surface area (Å²) in [6, 6.07) is 1.62. The first-order chi connectivity index (χ1) is 6.76. The van der Waals surface area contributed by atoms with Crippen LogP contribution >= 0.6 is 0 Å². The second-order valence-corrected chi connectivity index (χ2v) is 2.81. The highest BCUT2D eigenvalue weighted by atomic mass is 16.5. The number of hydrogen-bond donors (Lipinski definition) is 1. The van der Waals surface area contributed by atoms with Crippen molar-refractivity contribution >= 4 is 5.95 Å². The molecule has 1 aromatic rings. The molecule has 0 aliphatic rings. The lowest BCUT2D eigenvalue weighted by Crippen LogP contribution is -2.03. The van der Waals surface area contributed by atoms with Crippen LogP contribution in [-0.4, -0.2) is 23.7 Å². The number of rotatable bonds is 5. The van der Waals surface area contributed by atoms with Crippen molar-refractivity contribution in [2.24, 2.45) is 0 Å². The maximum Gasteiger partial charge on any atom is 0.226 e. The minimum absolute atomic E-state index is 0.163. The van der Waals surface area contributed by atoms with Gasteiger partial charge in [-0.1, -0.05) is 13.3 Å². The molecule has 0 amide bonds. The third kappa shape index (κ3) is 3.08. The van der Waals surface area contributed by atoms with Crippen molar-refractivity contribution in [2.45, 2.75) is 19.8 Å². The Morgan fingerprint density at radius 2 is 2.07 bits per heavy atom. The van der Waals surface area contributed by atoms with Crippen LogP contribution < -0.4 is 15.2 Å². The quantitative estimate of drug-likeness (QED) is 0.719. The summed E-state index contributed by atoms with van der Waals surface area (Å²) in [7, 11) is 1.53. The number of nitrogen functional groups attached to an aromatic ring is 1. The largest absolute Gasteiger partial charge is 0.481 e. The molecule has 1 heterocycles. The van der Waals surface area contributed by atoms with E-state index in [0.717, 1.165) is 12.8 Å². The lowest BCUT2D eigenvalue weighted by atomic mass is 10.4. The number of aromatic nitrogens is 2. The van der Waals surface area contributed by atoms with E-state index in [-0.39, 0.29) is 5.95 Å². The first kappa shape index (κ1) is 10.6. The van der Waals surface area contributed by atoms with Crippen LogP contribution in [0.15, 0.2) is 6.07 Å². The Bertz CT molecular complexity index is 291. The van der Waals surface area contributed by atoms with Crippen LogP contribution in [-0.2, 0) is 0 Å². The molecular weight excluding hydrogens is 182 g/mol. The molecule has 0 fully saturated rings. The van der Waals surface area contributed by atoms with Crippen LogP contribution in [0.2, 0.25) is 0 Å². The Morgan fingerprint density at radius 1 is 1.36 bits per heavy atom. The summed E-state index contributed by atoms with van der Waals surface area (Å²) in [5.41, 5.74) is 5.46. The zero-order valence-corrected chi connectivity index (χ0v) is 8.49. The van der Waals surface area contributed by atoms with Crippen molar-refractivity contribution in [1.29, 1.82) is 0 Å². The molecule has 0 atom stereocenters. The zero-order valence-electron chi connectivity index (χ0n) is 8.49. The third-order valence-corrected chi connectivity index (χ3v) is 1.65. The number of nitrogens with two attached hydrogens (primary N) is 1. The average Bonchev–Trinajstić information content (AvgIpc) is 2.17. The maximum absolute atomic E-state index is 5.46. The molecule has 5 heteroatoms. The number of nitrogens with zero attached hydrogens (tertiary/aromatic N) is 2. The minimum Gasteiger partial charge on any atom is -0.481 e. The van der Waals surface area contributed by atoms with Crippen LogP contribution in [0.1, 0.15) is 19.8 Å². The second kappa shape index (κ2) is 5.26. The van der Waals surface area contributed by atoms with Gasteiger partial charge in [0.2, 0.25) is 17.7 Å². The SMILES string of the molecule is CCCCOc1cc(OC)nc(N)n1. The summed E-state index contributed by atoms with van der Waals surface area (Å²) in [6.07, 6.45) is 2.07. The van der Waals surface area contributed by atoms with Crippen molar-refractivity contribution in [3.8, 4) is 11.8 Å². The fourth-order valence-corrected chi connectivity index (χ4v) is 0.921. The molecule has 2 N–H and O–H groups in total. The number of anilines is 1. The average molecular weight is 197 g/mol. The highest BCUT2D eigenvalue weighted by Crippen LogP contribution is 2.16. The number of unbranched alkanes of at least 4 members (excludes halogenated alkanes) is 1. The molecule has 0 radical (unpaired) electrons. The van der Waals surface area contributed by atoms with E-state index >= 15 is 0 Å². The molecule has 0 aromatic carbocycles. The van der Waals surface area contributed by atoms with E-state index in [4.69, 9.17) is 15.2 Å². The van der Waals surface area contributed by atoms with Gasteiger partial charge < -0.3 is 15.2 Å². The highest BCUT2D eigenvalue weighted by Gasteiger charge is 2.02. The fraction of sp³-hybridized carbons (Fsp3) is 0.556. The monoisotopic (exact) mass is 197 g/mol. The number of hydrogen-bond acceptors (Lipinski definition) is 5. The van der Waals surface area contributed by atoms with Gasteiger partial charge >= 0.3 is 0 Å². The molecule has 5 nitrogen and oxygen atoms in total. The molecule has 78 valence electrons. The lowest BCUT2D eigenvalue weighted by molar-refractivity contribution is 0.294. The van der Waals surface area contributed by atoms with Crippen LogP contribution in [0.4, 0.5) is 5.95 Å². The van der Waals surface area contributed by atoms with Crippen molar-refractivity contribution in [3.05, 3.63) is 6.07 Å². The van der Waals surface area contributed by atoms with E-state index in [2.05, 4.69) is 16.9 Å². The maximum atomic E-state index is 5.46. The van der Waals surface area contributed by atoms with Gasteiger partial charge in [0, 0.05) is 0 Å². The van der Waals surface area contributed by atoms with Gasteiger partial charge in [-0.05, 0) is 6.42 Å². The van der Waals surface area contributed by atoms with Gasteiger partial charge in [0.1, 0.15) is 0 Å². The van der Waals surface area contributed by atoms with Crippen molar-refractivity contribution in [2.75, 3.05) is 19.5 Å². The Morgan fingerprint density at radius 3 is 2.71 bits per heavy atom. The van der Waals surface area contributed by atoms with Crippen LogP contribution in [0.3, 0.4) is 0 Å². The molecule has 0 saturated heterocycles. The van der Waals surface area contributed by atoms with Gasteiger partial charge in [-0.3, -0.25) is 0 Å². The molecule has 0 unspecified atom stereocenters. The minimum atomic E-state index is 0.163. The standard InChI is InChI=1S/C9H15N3O2/c1-3-4-5-14-8-6-7(13-2)11-9(10)12-8/h6H,3-5H2,1-2H3,(H2,10,11,12). The first-order valence-electron chi connectivity index (χ1n) is 4.57. The summed E-state index contributed by atoms with van der Waals surface area (Å²) < 4.78 is 10.3. The Balaban J connectivity index is 2.62. The summed E-state index contributed by atoms with van der Waals surface area (Å²) in [4.78, 5) is 7.76. The molecule has 0 aliphatic heterocycles.